The quantitative estimate of drug-likeness (QED) is 0.547. The number of carbonyl (C=O) groups is 2. The van der Waals surface area contributed by atoms with E-state index in [0.29, 0.717) is 28.7 Å². The smallest absolute Gasteiger partial charge is 0.337 e. The van der Waals surface area contributed by atoms with Gasteiger partial charge in [0.1, 0.15) is 0 Å². The maximum atomic E-state index is 12.1. The number of amides is 2. The molecule has 9 nitrogen and oxygen atoms in total. The Morgan fingerprint density at radius 1 is 1.30 bits per heavy atom. The molecule has 2 aromatic heterocycles. The number of ether oxygens (including phenoxy) is 1. The van der Waals surface area contributed by atoms with Gasteiger partial charge in [0.05, 0.1) is 18.7 Å². The van der Waals surface area contributed by atoms with Crippen LogP contribution in [0.25, 0.3) is 11.4 Å². The third-order valence-corrected chi connectivity index (χ3v) is 4.89. The number of rotatable bonds is 7. The van der Waals surface area contributed by atoms with Crippen molar-refractivity contribution >= 4 is 23.8 Å². The molecule has 0 aromatic carbocycles. The highest BCUT2D eigenvalue weighted by Gasteiger charge is 2.24. The average Bonchev–Trinajstić information content (AvgIpc) is 3.10. The number of pyridine rings is 1. The lowest BCUT2D eigenvalue weighted by atomic mass is 10.2. The third-order valence-electron chi connectivity index (χ3n) is 3.89. The van der Waals surface area contributed by atoms with Gasteiger partial charge in [-0.2, -0.15) is 0 Å². The molecule has 0 aliphatic carbocycles. The van der Waals surface area contributed by atoms with Crippen LogP contribution in [0.3, 0.4) is 0 Å². The van der Waals surface area contributed by atoms with E-state index in [1.807, 2.05) is 23.6 Å². The number of hydrogen-bond acceptors (Lipinski definition) is 7. The van der Waals surface area contributed by atoms with Gasteiger partial charge in [-0.3, -0.25) is 4.98 Å². The number of urea groups is 1. The van der Waals surface area contributed by atoms with E-state index in [1.54, 1.807) is 19.3 Å². The van der Waals surface area contributed by atoms with Crippen LogP contribution in [-0.2, 0) is 16.1 Å². The number of nitrogens with one attached hydrogen (secondary N) is 2. The molecule has 142 valence electrons. The molecule has 1 aliphatic heterocycles. The van der Waals surface area contributed by atoms with Crippen molar-refractivity contribution in [2.24, 2.45) is 0 Å². The summed E-state index contributed by atoms with van der Waals surface area (Å²) >= 11 is 1.40. The highest BCUT2D eigenvalue weighted by atomic mass is 32.2. The van der Waals surface area contributed by atoms with Gasteiger partial charge in [0, 0.05) is 36.0 Å². The van der Waals surface area contributed by atoms with Crippen molar-refractivity contribution in [3.63, 3.8) is 0 Å². The number of esters is 1. The highest BCUT2D eigenvalue weighted by molar-refractivity contribution is 7.99. The predicted molar refractivity (Wildman–Crippen MR) is 99.8 cm³/mol. The summed E-state index contributed by atoms with van der Waals surface area (Å²) in [5.74, 6) is 0.683. The first kappa shape index (κ1) is 18.9. The Labute approximate surface area is 160 Å². The second-order valence-electron chi connectivity index (χ2n) is 5.56. The van der Waals surface area contributed by atoms with E-state index in [2.05, 4.69) is 25.8 Å². The fraction of sp³-hybridized carbons (Fsp3) is 0.353. The Morgan fingerprint density at radius 2 is 2.07 bits per heavy atom. The lowest BCUT2D eigenvalue weighted by Crippen LogP contribution is -2.44. The zero-order valence-electron chi connectivity index (χ0n) is 15.1. The van der Waals surface area contributed by atoms with Gasteiger partial charge in [-0.25, -0.2) is 9.59 Å². The van der Waals surface area contributed by atoms with Crippen molar-refractivity contribution in [2.45, 2.75) is 25.5 Å². The minimum absolute atomic E-state index is 0.142. The molecule has 0 radical (unpaired) electrons. The molecule has 0 fully saturated rings. The highest BCUT2D eigenvalue weighted by Crippen LogP contribution is 2.25. The van der Waals surface area contributed by atoms with Crippen LogP contribution in [0.1, 0.15) is 13.8 Å². The summed E-state index contributed by atoms with van der Waals surface area (Å²) in [5.41, 5.74) is 1.87. The molecule has 2 amide bonds. The standard InChI is InChI=1S/C17H20N6O3S/c1-3-23-14(11-5-7-18-8-6-11)21-22-17(23)27-10-13-12(15(24)26-4-2)9-19-16(25)20-13/h5-8H,3-4,9-10H2,1-2H3,(H2,19,20,25). The summed E-state index contributed by atoms with van der Waals surface area (Å²) < 4.78 is 7.05. The second kappa shape index (κ2) is 8.67. The van der Waals surface area contributed by atoms with E-state index in [4.69, 9.17) is 4.74 Å². The molecule has 0 unspecified atom stereocenters. The van der Waals surface area contributed by atoms with Crippen LogP contribution < -0.4 is 10.6 Å². The van der Waals surface area contributed by atoms with Gasteiger partial charge in [0.25, 0.3) is 0 Å². The maximum Gasteiger partial charge on any atom is 0.337 e. The SMILES string of the molecule is CCOC(=O)C1=C(CSc2nnc(-c3ccncc3)n2CC)NC(=O)NC1. The van der Waals surface area contributed by atoms with Crippen molar-refractivity contribution in [1.29, 1.82) is 0 Å². The fourth-order valence-corrected chi connectivity index (χ4v) is 3.59. The molecule has 3 heterocycles. The Kier molecular flexibility index (Phi) is 6.07. The minimum Gasteiger partial charge on any atom is -0.463 e. The van der Waals surface area contributed by atoms with Gasteiger partial charge >= 0.3 is 12.0 Å². The van der Waals surface area contributed by atoms with E-state index in [9.17, 15) is 9.59 Å². The van der Waals surface area contributed by atoms with E-state index >= 15 is 0 Å². The topological polar surface area (TPSA) is 111 Å². The lowest BCUT2D eigenvalue weighted by molar-refractivity contribution is -0.138. The Morgan fingerprint density at radius 3 is 2.78 bits per heavy atom. The number of aromatic nitrogens is 4. The van der Waals surface area contributed by atoms with E-state index in [-0.39, 0.29) is 19.2 Å². The zero-order chi connectivity index (χ0) is 19.2. The molecule has 2 aromatic rings. The van der Waals surface area contributed by atoms with Gasteiger partial charge < -0.3 is 19.9 Å². The number of nitrogens with zero attached hydrogens (tertiary/aromatic N) is 4. The van der Waals surface area contributed by atoms with Crippen molar-refractivity contribution in [1.82, 2.24) is 30.4 Å². The van der Waals surface area contributed by atoms with Gasteiger partial charge in [-0.05, 0) is 26.0 Å². The lowest BCUT2D eigenvalue weighted by Gasteiger charge is -2.21. The summed E-state index contributed by atoms with van der Waals surface area (Å²) in [6, 6.07) is 3.41. The molecular weight excluding hydrogens is 368 g/mol. The molecular formula is C17H20N6O3S. The van der Waals surface area contributed by atoms with Gasteiger partial charge in [-0.1, -0.05) is 11.8 Å². The summed E-state index contributed by atoms with van der Waals surface area (Å²) in [5, 5.41) is 14.5. The minimum atomic E-state index is -0.435. The second-order valence-corrected chi connectivity index (χ2v) is 6.50. The largest absolute Gasteiger partial charge is 0.463 e. The van der Waals surface area contributed by atoms with Gasteiger partial charge in [0.2, 0.25) is 0 Å². The van der Waals surface area contributed by atoms with Crippen LogP contribution in [0.2, 0.25) is 0 Å². The Bertz CT molecular complexity index is 865. The Hall–Kier alpha value is -2.88. The predicted octanol–water partition coefficient (Wildman–Crippen LogP) is 1.58. The first-order valence-electron chi connectivity index (χ1n) is 8.54. The molecule has 10 heteroatoms. The molecule has 2 N–H and O–H groups in total. The normalized spacial score (nSPS) is 13.9. The van der Waals surface area contributed by atoms with Crippen LogP contribution in [0.15, 0.2) is 41.0 Å². The summed E-state index contributed by atoms with van der Waals surface area (Å²) in [7, 11) is 0. The molecule has 1 aliphatic rings. The fourth-order valence-electron chi connectivity index (χ4n) is 2.60. The number of thioether (sulfide) groups is 1. The third kappa shape index (κ3) is 4.27. The monoisotopic (exact) mass is 388 g/mol. The van der Waals surface area contributed by atoms with E-state index in [1.165, 1.54) is 11.8 Å². The van der Waals surface area contributed by atoms with Crippen LogP contribution in [0, 0.1) is 0 Å². The zero-order valence-corrected chi connectivity index (χ0v) is 15.9. The molecule has 0 spiro atoms. The van der Waals surface area contributed by atoms with E-state index in [0.717, 1.165) is 11.4 Å². The first-order chi connectivity index (χ1) is 13.1. The molecule has 3 rings (SSSR count). The van der Waals surface area contributed by atoms with Gasteiger partial charge in [-0.15, -0.1) is 10.2 Å². The van der Waals surface area contributed by atoms with Crippen LogP contribution in [0.4, 0.5) is 4.79 Å². The molecule has 0 saturated carbocycles. The summed E-state index contributed by atoms with van der Waals surface area (Å²) in [6.45, 7) is 4.85. The molecule has 0 atom stereocenters. The maximum absolute atomic E-state index is 12.1. The Balaban J connectivity index is 1.82. The molecule has 0 saturated heterocycles. The van der Waals surface area contributed by atoms with Crippen molar-refractivity contribution in [3.8, 4) is 11.4 Å². The van der Waals surface area contributed by atoms with Gasteiger partial charge in [0.15, 0.2) is 11.0 Å². The number of carbonyl (C=O) groups excluding carboxylic acids is 2. The average molecular weight is 388 g/mol. The molecule has 0 bridgehead atoms. The van der Waals surface area contributed by atoms with Crippen LogP contribution in [0.5, 0.6) is 0 Å². The van der Waals surface area contributed by atoms with Crippen molar-refractivity contribution in [2.75, 3.05) is 18.9 Å². The van der Waals surface area contributed by atoms with Crippen LogP contribution in [-0.4, -0.2) is 50.7 Å². The van der Waals surface area contributed by atoms with Crippen molar-refractivity contribution < 1.29 is 14.3 Å². The number of hydrogen-bond donors (Lipinski definition) is 2. The first-order valence-corrected chi connectivity index (χ1v) is 9.53. The van der Waals surface area contributed by atoms with E-state index < -0.39 is 5.97 Å². The van der Waals surface area contributed by atoms with Crippen molar-refractivity contribution in [3.05, 3.63) is 35.8 Å². The summed E-state index contributed by atoms with van der Waals surface area (Å²) in [6.07, 6.45) is 3.41. The summed E-state index contributed by atoms with van der Waals surface area (Å²) in [4.78, 5) is 27.8. The molecule has 27 heavy (non-hydrogen) atoms. The van der Waals surface area contributed by atoms with Crippen LogP contribution >= 0.6 is 11.8 Å².